The van der Waals surface area contributed by atoms with Gasteiger partial charge in [-0.2, -0.15) is 13.2 Å². The Labute approximate surface area is 141 Å². The van der Waals surface area contributed by atoms with Crippen molar-refractivity contribution in [3.63, 3.8) is 0 Å². The second-order valence-corrected chi connectivity index (χ2v) is 5.14. The van der Waals surface area contributed by atoms with Crippen LogP contribution in [0.15, 0.2) is 42.5 Å². The number of urea groups is 1. The molecule has 3 amide bonds. The summed E-state index contributed by atoms with van der Waals surface area (Å²) in [5, 5.41) is 2.10. The largest absolute Gasteiger partial charge is 0.439 e. The number of imide groups is 1. The SMILES string of the molecule is CN(C)C(=O)NC(=O)c1cccc(Oc2cccc(C(F)(F)F)c2)n1. The molecule has 1 aromatic heterocycles. The second kappa shape index (κ2) is 7.20. The molecule has 0 aliphatic rings. The zero-order valence-electron chi connectivity index (χ0n) is 13.3. The van der Waals surface area contributed by atoms with Crippen LogP contribution in [0.1, 0.15) is 16.1 Å². The van der Waals surface area contributed by atoms with Crippen LogP contribution in [-0.2, 0) is 6.18 Å². The van der Waals surface area contributed by atoms with Crippen LogP contribution in [0.3, 0.4) is 0 Å². The Kier molecular flexibility index (Phi) is 5.26. The number of aromatic nitrogens is 1. The standard InChI is InChI=1S/C16H14F3N3O3/c1-22(2)15(24)21-14(23)12-7-4-8-13(20-12)25-11-6-3-5-10(9-11)16(17,18)19/h3-9H,1-2H3,(H,21,23,24). The lowest BCUT2D eigenvalue weighted by Crippen LogP contribution is -2.38. The van der Waals surface area contributed by atoms with Gasteiger partial charge >= 0.3 is 12.2 Å². The highest BCUT2D eigenvalue weighted by Gasteiger charge is 2.30. The average molecular weight is 353 g/mol. The minimum atomic E-state index is -4.50. The number of nitrogens with one attached hydrogen (secondary N) is 1. The fraction of sp³-hybridized carbons (Fsp3) is 0.188. The molecule has 0 aliphatic heterocycles. The molecular formula is C16H14F3N3O3. The number of carbonyl (C=O) groups excluding carboxylic acids is 2. The van der Waals surface area contributed by atoms with Crippen molar-refractivity contribution in [1.82, 2.24) is 15.2 Å². The highest BCUT2D eigenvalue weighted by atomic mass is 19.4. The smallest absolute Gasteiger partial charge is 0.416 e. The van der Waals surface area contributed by atoms with Gasteiger partial charge in [-0.05, 0) is 24.3 Å². The van der Waals surface area contributed by atoms with Crippen molar-refractivity contribution < 1.29 is 27.5 Å². The number of halogens is 3. The van der Waals surface area contributed by atoms with Crippen molar-refractivity contribution in [2.75, 3.05) is 14.1 Å². The van der Waals surface area contributed by atoms with Crippen LogP contribution in [0.5, 0.6) is 11.6 Å². The molecule has 6 nitrogen and oxygen atoms in total. The van der Waals surface area contributed by atoms with E-state index >= 15 is 0 Å². The first-order chi connectivity index (χ1) is 11.7. The summed E-state index contributed by atoms with van der Waals surface area (Å²) in [6.07, 6.45) is -4.50. The van der Waals surface area contributed by atoms with Crippen LogP contribution in [-0.4, -0.2) is 35.9 Å². The van der Waals surface area contributed by atoms with Crippen LogP contribution < -0.4 is 10.1 Å². The fourth-order valence-corrected chi connectivity index (χ4v) is 1.73. The van der Waals surface area contributed by atoms with Gasteiger partial charge in [0, 0.05) is 20.2 Å². The molecular weight excluding hydrogens is 339 g/mol. The van der Waals surface area contributed by atoms with Crippen molar-refractivity contribution >= 4 is 11.9 Å². The molecule has 2 rings (SSSR count). The van der Waals surface area contributed by atoms with E-state index in [-0.39, 0.29) is 17.3 Å². The number of hydrogen-bond acceptors (Lipinski definition) is 4. The molecule has 0 radical (unpaired) electrons. The minimum Gasteiger partial charge on any atom is -0.439 e. The molecule has 9 heteroatoms. The van der Waals surface area contributed by atoms with Crippen LogP contribution in [0.4, 0.5) is 18.0 Å². The first-order valence-electron chi connectivity index (χ1n) is 7.01. The Morgan fingerprint density at radius 3 is 2.44 bits per heavy atom. The van der Waals surface area contributed by atoms with Crippen molar-refractivity contribution in [2.45, 2.75) is 6.18 Å². The maximum atomic E-state index is 12.7. The molecule has 0 saturated heterocycles. The zero-order chi connectivity index (χ0) is 18.6. The van der Waals surface area contributed by atoms with E-state index in [1.807, 2.05) is 0 Å². The lowest BCUT2D eigenvalue weighted by molar-refractivity contribution is -0.137. The van der Waals surface area contributed by atoms with Gasteiger partial charge in [-0.1, -0.05) is 12.1 Å². The molecule has 0 atom stereocenters. The topological polar surface area (TPSA) is 71.5 Å². The third-order valence-corrected chi connectivity index (χ3v) is 2.97. The number of carbonyl (C=O) groups is 2. The highest BCUT2D eigenvalue weighted by Crippen LogP contribution is 2.32. The van der Waals surface area contributed by atoms with Gasteiger partial charge in [-0.3, -0.25) is 10.1 Å². The monoisotopic (exact) mass is 353 g/mol. The predicted octanol–water partition coefficient (Wildman–Crippen LogP) is 3.30. The number of ether oxygens (including phenoxy) is 1. The van der Waals surface area contributed by atoms with E-state index in [2.05, 4.69) is 10.3 Å². The summed E-state index contributed by atoms with van der Waals surface area (Å²) >= 11 is 0. The summed E-state index contributed by atoms with van der Waals surface area (Å²) in [5.74, 6) is -0.915. The van der Waals surface area contributed by atoms with Gasteiger partial charge < -0.3 is 9.64 Å². The van der Waals surface area contributed by atoms with Crippen LogP contribution in [0.25, 0.3) is 0 Å². The first kappa shape index (κ1) is 18.2. The molecule has 0 aliphatic carbocycles. The van der Waals surface area contributed by atoms with E-state index in [0.717, 1.165) is 12.1 Å². The van der Waals surface area contributed by atoms with Crippen LogP contribution >= 0.6 is 0 Å². The summed E-state index contributed by atoms with van der Waals surface area (Å²) in [6, 6.07) is 7.80. The molecule has 0 unspecified atom stereocenters. The van der Waals surface area contributed by atoms with Gasteiger partial charge in [0.05, 0.1) is 5.56 Å². The van der Waals surface area contributed by atoms with Gasteiger partial charge in [0.2, 0.25) is 5.88 Å². The molecule has 0 spiro atoms. The Hall–Kier alpha value is -3.10. The maximum absolute atomic E-state index is 12.7. The molecule has 1 N–H and O–H groups in total. The summed E-state index contributed by atoms with van der Waals surface area (Å²) in [7, 11) is 2.92. The predicted molar refractivity (Wildman–Crippen MR) is 82.3 cm³/mol. The van der Waals surface area contributed by atoms with Crippen molar-refractivity contribution in [2.24, 2.45) is 0 Å². The first-order valence-corrected chi connectivity index (χ1v) is 7.01. The van der Waals surface area contributed by atoms with Gasteiger partial charge in [0.1, 0.15) is 11.4 Å². The Bertz CT molecular complexity index is 791. The quantitative estimate of drug-likeness (QED) is 0.919. The van der Waals surface area contributed by atoms with Gasteiger partial charge in [0.25, 0.3) is 5.91 Å². The Morgan fingerprint density at radius 2 is 1.80 bits per heavy atom. The number of nitrogens with zero attached hydrogens (tertiary/aromatic N) is 2. The molecule has 132 valence electrons. The third-order valence-electron chi connectivity index (χ3n) is 2.97. The summed E-state index contributed by atoms with van der Waals surface area (Å²) in [5.41, 5.74) is -0.977. The summed E-state index contributed by atoms with van der Waals surface area (Å²) in [6.45, 7) is 0. The number of amides is 3. The molecule has 0 bridgehead atoms. The summed E-state index contributed by atoms with van der Waals surface area (Å²) < 4.78 is 43.4. The molecule has 0 fully saturated rings. The van der Waals surface area contributed by atoms with E-state index in [1.165, 1.54) is 49.3 Å². The molecule has 1 aromatic carbocycles. The number of alkyl halides is 3. The molecule has 0 saturated carbocycles. The van der Waals surface area contributed by atoms with Gasteiger partial charge in [-0.25, -0.2) is 9.78 Å². The number of rotatable bonds is 3. The maximum Gasteiger partial charge on any atom is 0.416 e. The number of hydrogen-bond donors (Lipinski definition) is 1. The lowest BCUT2D eigenvalue weighted by atomic mass is 10.2. The van der Waals surface area contributed by atoms with Crippen LogP contribution in [0, 0.1) is 0 Å². The van der Waals surface area contributed by atoms with Crippen molar-refractivity contribution in [3.8, 4) is 11.6 Å². The Morgan fingerprint density at radius 1 is 1.12 bits per heavy atom. The van der Waals surface area contributed by atoms with E-state index in [1.54, 1.807) is 0 Å². The Balaban J connectivity index is 2.17. The minimum absolute atomic E-state index is 0.0794. The normalized spacial score (nSPS) is 10.9. The van der Waals surface area contributed by atoms with E-state index < -0.39 is 23.7 Å². The van der Waals surface area contributed by atoms with Crippen molar-refractivity contribution in [3.05, 3.63) is 53.7 Å². The zero-order valence-corrected chi connectivity index (χ0v) is 13.3. The third kappa shape index (κ3) is 4.93. The average Bonchev–Trinajstić information content (AvgIpc) is 2.54. The molecule has 2 aromatic rings. The molecule has 25 heavy (non-hydrogen) atoms. The summed E-state index contributed by atoms with van der Waals surface area (Å²) in [4.78, 5) is 28.4. The van der Waals surface area contributed by atoms with E-state index in [0.29, 0.717) is 0 Å². The van der Waals surface area contributed by atoms with Crippen molar-refractivity contribution in [1.29, 1.82) is 0 Å². The van der Waals surface area contributed by atoms with Gasteiger partial charge in [-0.15, -0.1) is 0 Å². The number of pyridine rings is 1. The fourth-order valence-electron chi connectivity index (χ4n) is 1.73. The lowest BCUT2D eigenvalue weighted by Gasteiger charge is -2.11. The molecule has 1 heterocycles. The van der Waals surface area contributed by atoms with E-state index in [4.69, 9.17) is 4.74 Å². The second-order valence-electron chi connectivity index (χ2n) is 5.14. The van der Waals surface area contributed by atoms with E-state index in [9.17, 15) is 22.8 Å². The highest BCUT2D eigenvalue weighted by molar-refractivity contribution is 6.02. The van der Waals surface area contributed by atoms with Gasteiger partial charge in [0.15, 0.2) is 0 Å². The van der Waals surface area contributed by atoms with Crippen LogP contribution in [0.2, 0.25) is 0 Å². The number of benzene rings is 1.